The van der Waals surface area contributed by atoms with E-state index in [1.165, 1.54) is 16.6 Å². The molecule has 7 heteroatoms. The number of nitrogens with one attached hydrogen (secondary N) is 1. The lowest BCUT2D eigenvalue weighted by molar-refractivity contribution is -0.150. The predicted molar refractivity (Wildman–Crippen MR) is 123 cm³/mol. The van der Waals surface area contributed by atoms with Gasteiger partial charge in [-0.15, -0.1) is 23.5 Å². The van der Waals surface area contributed by atoms with E-state index in [9.17, 15) is 9.59 Å². The molecule has 2 aromatic rings. The first-order chi connectivity index (χ1) is 14.6. The number of nitrogens with zero attached hydrogens (tertiary/aromatic N) is 1. The zero-order chi connectivity index (χ0) is 20.9. The molecule has 2 fully saturated rings. The fourth-order valence-corrected chi connectivity index (χ4v) is 9.14. The molecule has 0 bridgehead atoms. The van der Waals surface area contributed by atoms with E-state index >= 15 is 0 Å². The molecule has 1 aromatic carbocycles. The summed E-state index contributed by atoms with van der Waals surface area (Å²) in [5, 5.41) is 1.27. The number of benzene rings is 1. The molecule has 3 aliphatic rings. The Kier molecular flexibility index (Phi) is 5.30. The number of carbonyl (C=O) groups excluding carboxylic acids is 2. The Morgan fingerprint density at radius 2 is 2.03 bits per heavy atom. The Balaban J connectivity index is 1.61. The summed E-state index contributed by atoms with van der Waals surface area (Å²) in [6, 6.07) is 8.42. The van der Waals surface area contributed by atoms with Crippen molar-refractivity contribution in [1.82, 2.24) is 9.88 Å². The summed E-state index contributed by atoms with van der Waals surface area (Å²) in [6.07, 6.45) is 2.24. The monoisotopic (exact) mass is 444 g/mol. The summed E-state index contributed by atoms with van der Waals surface area (Å²) in [7, 11) is 0. The first kappa shape index (κ1) is 20.3. The molecule has 0 spiro atoms. The van der Waals surface area contributed by atoms with Crippen LogP contribution in [0.15, 0.2) is 24.3 Å². The maximum Gasteiger partial charge on any atom is 0.332 e. The maximum absolute atomic E-state index is 13.3. The largest absolute Gasteiger partial charge is 0.464 e. The molecular weight excluding hydrogens is 416 g/mol. The molecule has 0 saturated carbocycles. The van der Waals surface area contributed by atoms with Crippen molar-refractivity contribution in [1.29, 1.82) is 0 Å². The standard InChI is InChI=1S/C23H28N2O3S2/c1-3-14-17(23(22(27)28-4-2)29-11-12-30-23)13-19(26)25-10-9-16-15-7-5-6-8-18(15)24-20(16)21(14)25/h5-8,14,17,21,24H,3-4,9-13H2,1-2H3/t14-,17+,21?/m1/s1. The number of aromatic amines is 1. The number of hydrogen-bond donors (Lipinski definition) is 1. The van der Waals surface area contributed by atoms with Gasteiger partial charge >= 0.3 is 5.97 Å². The van der Waals surface area contributed by atoms with Gasteiger partial charge in [0.05, 0.1) is 12.6 Å². The molecule has 1 aromatic heterocycles. The van der Waals surface area contributed by atoms with Gasteiger partial charge in [-0.05, 0) is 30.9 Å². The van der Waals surface area contributed by atoms with Crippen LogP contribution < -0.4 is 0 Å². The Hall–Kier alpha value is -1.60. The Morgan fingerprint density at radius 1 is 1.27 bits per heavy atom. The van der Waals surface area contributed by atoms with Crippen molar-refractivity contribution in [3.63, 3.8) is 0 Å². The Bertz CT molecular complexity index is 982. The lowest BCUT2D eigenvalue weighted by Gasteiger charge is -2.51. The van der Waals surface area contributed by atoms with Gasteiger partial charge in [0.1, 0.15) is 0 Å². The first-order valence-electron chi connectivity index (χ1n) is 10.9. The van der Waals surface area contributed by atoms with Crippen LogP contribution in [-0.2, 0) is 20.7 Å². The number of thioether (sulfide) groups is 2. The summed E-state index contributed by atoms with van der Waals surface area (Å²) in [5.74, 6) is 2.08. The number of para-hydroxylation sites is 1. The van der Waals surface area contributed by atoms with E-state index in [0.29, 0.717) is 13.0 Å². The maximum atomic E-state index is 13.3. The van der Waals surface area contributed by atoms with E-state index in [-0.39, 0.29) is 29.8 Å². The van der Waals surface area contributed by atoms with E-state index in [1.807, 2.05) is 6.92 Å². The number of H-pyrrole nitrogens is 1. The summed E-state index contributed by atoms with van der Waals surface area (Å²) >= 11 is 3.40. The molecule has 30 heavy (non-hydrogen) atoms. The first-order valence-corrected chi connectivity index (χ1v) is 12.9. The topological polar surface area (TPSA) is 62.4 Å². The van der Waals surface area contributed by atoms with E-state index in [1.54, 1.807) is 23.5 Å². The van der Waals surface area contributed by atoms with Crippen LogP contribution in [0.2, 0.25) is 0 Å². The predicted octanol–water partition coefficient (Wildman–Crippen LogP) is 4.38. The van der Waals surface area contributed by atoms with Gasteiger partial charge in [-0.2, -0.15) is 0 Å². The number of carbonyl (C=O) groups is 2. The van der Waals surface area contributed by atoms with Crippen LogP contribution >= 0.6 is 23.5 Å². The molecule has 2 saturated heterocycles. The molecule has 0 radical (unpaired) electrons. The number of ether oxygens (including phenoxy) is 1. The molecule has 4 heterocycles. The summed E-state index contributed by atoms with van der Waals surface area (Å²) in [6.45, 7) is 5.19. The molecule has 3 atom stereocenters. The third-order valence-electron chi connectivity index (χ3n) is 6.95. The van der Waals surface area contributed by atoms with Crippen molar-refractivity contribution in [3.05, 3.63) is 35.5 Å². The van der Waals surface area contributed by atoms with E-state index < -0.39 is 4.08 Å². The van der Waals surface area contributed by atoms with Crippen molar-refractivity contribution >= 4 is 46.3 Å². The average molecular weight is 445 g/mol. The third kappa shape index (κ3) is 2.92. The van der Waals surface area contributed by atoms with Crippen molar-refractivity contribution in [2.45, 2.75) is 43.2 Å². The van der Waals surface area contributed by atoms with Crippen molar-refractivity contribution < 1.29 is 14.3 Å². The van der Waals surface area contributed by atoms with Crippen molar-refractivity contribution in [3.8, 4) is 0 Å². The molecule has 3 aliphatic heterocycles. The molecule has 1 N–H and O–H groups in total. The number of aromatic nitrogens is 1. The van der Waals surface area contributed by atoms with Gasteiger partial charge < -0.3 is 14.6 Å². The zero-order valence-corrected chi connectivity index (χ0v) is 19.1. The van der Waals surface area contributed by atoms with Gasteiger partial charge in [0.2, 0.25) is 5.91 Å². The van der Waals surface area contributed by atoms with Gasteiger partial charge in [0.25, 0.3) is 0 Å². The second kappa shape index (κ2) is 7.83. The Morgan fingerprint density at radius 3 is 2.77 bits per heavy atom. The van der Waals surface area contributed by atoms with Crippen LogP contribution in [0.1, 0.15) is 44.0 Å². The average Bonchev–Trinajstić information content (AvgIpc) is 3.39. The quantitative estimate of drug-likeness (QED) is 0.709. The van der Waals surface area contributed by atoms with Crippen LogP contribution in [0, 0.1) is 11.8 Å². The number of rotatable bonds is 4. The number of esters is 1. The molecule has 5 rings (SSSR count). The van der Waals surface area contributed by atoms with E-state index in [2.05, 4.69) is 41.1 Å². The molecule has 160 valence electrons. The molecule has 1 amide bonds. The number of piperidine rings is 1. The van der Waals surface area contributed by atoms with Crippen LogP contribution in [0.5, 0.6) is 0 Å². The number of amides is 1. The van der Waals surface area contributed by atoms with Crippen molar-refractivity contribution in [2.75, 3.05) is 24.7 Å². The minimum Gasteiger partial charge on any atom is -0.464 e. The summed E-state index contributed by atoms with van der Waals surface area (Å²) in [5.41, 5.74) is 3.66. The van der Waals surface area contributed by atoms with Gasteiger partial charge in [0, 0.05) is 47.0 Å². The highest BCUT2D eigenvalue weighted by Gasteiger charge is 2.58. The second-order valence-electron chi connectivity index (χ2n) is 8.31. The van der Waals surface area contributed by atoms with Crippen LogP contribution in [0.3, 0.4) is 0 Å². The highest BCUT2D eigenvalue weighted by Crippen LogP contribution is 2.59. The minimum atomic E-state index is -0.665. The zero-order valence-electron chi connectivity index (χ0n) is 17.5. The van der Waals surface area contributed by atoms with Gasteiger partial charge in [0.15, 0.2) is 4.08 Å². The lowest BCUT2D eigenvalue weighted by atomic mass is 9.72. The normalized spacial score (nSPS) is 27.7. The highest BCUT2D eigenvalue weighted by molar-refractivity contribution is 8.22. The Labute approximate surface area is 185 Å². The van der Waals surface area contributed by atoms with E-state index in [4.69, 9.17) is 4.74 Å². The summed E-state index contributed by atoms with van der Waals surface area (Å²) in [4.78, 5) is 32.3. The van der Waals surface area contributed by atoms with Gasteiger partial charge in [-0.3, -0.25) is 4.79 Å². The molecule has 5 nitrogen and oxygen atoms in total. The molecular formula is C23H28N2O3S2. The third-order valence-corrected chi connectivity index (χ3v) is 10.5. The number of fused-ring (bicyclic) bond motifs is 5. The van der Waals surface area contributed by atoms with Crippen LogP contribution in [-0.4, -0.2) is 50.5 Å². The smallest absolute Gasteiger partial charge is 0.332 e. The van der Waals surface area contributed by atoms with Crippen LogP contribution in [0.4, 0.5) is 0 Å². The second-order valence-corrected chi connectivity index (χ2v) is 11.3. The number of hydrogen-bond acceptors (Lipinski definition) is 5. The SMILES string of the molecule is CCOC(=O)C1([C@H]2CC(=O)N3CCc4c([nH]c5ccccc45)C3[C@@H]2CC)SCCS1. The summed E-state index contributed by atoms with van der Waals surface area (Å²) < 4.78 is 4.89. The van der Waals surface area contributed by atoms with Crippen molar-refractivity contribution in [2.24, 2.45) is 11.8 Å². The highest BCUT2D eigenvalue weighted by atomic mass is 32.2. The fraction of sp³-hybridized carbons (Fsp3) is 0.565. The fourth-order valence-electron chi connectivity index (χ4n) is 5.74. The minimum absolute atomic E-state index is 0.00509. The lowest BCUT2D eigenvalue weighted by Crippen LogP contribution is -2.55. The van der Waals surface area contributed by atoms with E-state index in [0.717, 1.165) is 36.4 Å². The van der Waals surface area contributed by atoms with Gasteiger partial charge in [-0.1, -0.05) is 31.5 Å². The molecule has 0 aliphatic carbocycles. The van der Waals surface area contributed by atoms with Crippen LogP contribution in [0.25, 0.3) is 10.9 Å². The van der Waals surface area contributed by atoms with Gasteiger partial charge in [-0.25, -0.2) is 4.79 Å². The molecule has 1 unspecified atom stereocenters.